The second-order valence-corrected chi connectivity index (χ2v) is 6.42. The number of carbonyl (C=O) groups excluding carboxylic acids is 1. The van der Waals surface area contributed by atoms with Gasteiger partial charge in [0.15, 0.2) is 0 Å². The van der Waals surface area contributed by atoms with Crippen molar-refractivity contribution in [1.82, 2.24) is 0 Å². The van der Waals surface area contributed by atoms with Crippen molar-refractivity contribution >= 4 is 5.97 Å². The predicted molar refractivity (Wildman–Crippen MR) is 82.1 cm³/mol. The van der Waals surface area contributed by atoms with E-state index in [1.54, 1.807) is 0 Å². The van der Waals surface area contributed by atoms with Crippen LogP contribution in [0.4, 0.5) is 0 Å². The molecule has 19 heavy (non-hydrogen) atoms. The molecule has 0 bridgehead atoms. The van der Waals surface area contributed by atoms with Crippen LogP contribution < -0.4 is 0 Å². The third kappa shape index (κ3) is 11.0. The minimum absolute atomic E-state index is 0.0585. The Morgan fingerprint density at radius 1 is 1.00 bits per heavy atom. The summed E-state index contributed by atoms with van der Waals surface area (Å²) in [6.45, 7) is 9.12. The molecule has 0 rings (SSSR count). The maximum Gasteiger partial charge on any atom is 0.305 e. The highest BCUT2D eigenvalue weighted by atomic mass is 16.5. The molecule has 2 heteroatoms. The summed E-state index contributed by atoms with van der Waals surface area (Å²) in [6, 6.07) is 0. The van der Waals surface area contributed by atoms with Gasteiger partial charge in [0, 0.05) is 6.42 Å². The molecular formula is C17H34O2. The molecule has 2 unspecified atom stereocenters. The first-order valence-corrected chi connectivity index (χ1v) is 8.06. The minimum Gasteiger partial charge on any atom is -0.469 e. The van der Waals surface area contributed by atoms with Gasteiger partial charge in [0.25, 0.3) is 0 Å². The smallest absolute Gasteiger partial charge is 0.305 e. The van der Waals surface area contributed by atoms with Gasteiger partial charge < -0.3 is 4.74 Å². The third-order valence-corrected chi connectivity index (χ3v) is 4.05. The number of hydrogen-bond donors (Lipinski definition) is 0. The van der Waals surface area contributed by atoms with Crippen LogP contribution in [0, 0.1) is 17.8 Å². The monoisotopic (exact) mass is 270 g/mol. The fourth-order valence-corrected chi connectivity index (χ4v) is 2.54. The van der Waals surface area contributed by atoms with E-state index in [9.17, 15) is 4.79 Å². The van der Waals surface area contributed by atoms with Crippen LogP contribution in [0.1, 0.15) is 79.1 Å². The highest BCUT2D eigenvalue weighted by Gasteiger charge is 2.13. The van der Waals surface area contributed by atoms with E-state index in [1.165, 1.54) is 45.6 Å². The number of methoxy groups -OCH3 is 1. The molecule has 0 aliphatic heterocycles. The molecule has 2 atom stereocenters. The van der Waals surface area contributed by atoms with Crippen LogP contribution in [0.15, 0.2) is 0 Å². The van der Waals surface area contributed by atoms with Crippen LogP contribution in [0.3, 0.4) is 0 Å². The fraction of sp³-hybridized carbons (Fsp3) is 0.941. The van der Waals surface area contributed by atoms with E-state index in [2.05, 4.69) is 27.7 Å². The summed E-state index contributed by atoms with van der Waals surface area (Å²) in [5.41, 5.74) is 0. The largest absolute Gasteiger partial charge is 0.469 e. The van der Waals surface area contributed by atoms with Crippen molar-refractivity contribution in [1.29, 1.82) is 0 Å². The van der Waals surface area contributed by atoms with E-state index in [-0.39, 0.29) is 5.97 Å². The highest BCUT2D eigenvalue weighted by molar-refractivity contribution is 5.69. The molecule has 0 N–H and O–H groups in total. The van der Waals surface area contributed by atoms with Gasteiger partial charge in [-0.05, 0) is 24.2 Å². The van der Waals surface area contributed by atoms with Crippen LogP contribution in [0.25, 0.3) is 0 Å². The van der Waals surface area contributed by atoms with Gasteiger partial charge in [0.2, 0.25) is 0 Å². The molecule has 114 valence electrons. The molecular weight excluding hydrogens is 236 g/mol. The second kappa shape index (κ2) is 11.3. The molecule has 0 spiro atoms. The average molecular weight is 270 g/mol. The van der Waals surface area contributed by atoms with Crippen molar-refractivity contribution in [2.45, 2.75) is 79.1 Å². The van der Waals surface area contributed by atoms with E-state index in [0.717, 1.165) is 18.3 Å². The molecule has 2 nitrogen and oxygen atoms in total. The maximum atomic E-state index is 11.3. The Balaban J connectivity index is 3.66. The van der Waals surface area contributed by atoms with Crippen molar-refractivity contribution in [3.63, 3.8) is 0 Å². The van der Waals surface area contributed by atoms with Crippen LogP contribution in [0.5, 0.6) is 0 Å². The van der Waals surface area contributed by atoms with Gasteiger partial charge in [-0.2, -0.15) is 0 Å². The third-order valence-electron chi connectivity index (χ3n) is 4.05. The fourth-order valence-electron chi connectivity index (χ4n) is 2.54. The first-order valence-electron chi connectivity index (χ1n) is 8.06. The molecule has 0 aliphatic carbocycles. The molecule has 0 aromatic carbocycles. The second-order valence-electron chi connectivity index (χ2n) is 6.42. The Morgan fingerprint density at radius 2 is 1.58 bits per heavy atom. The SMILES string of the molecule is CCC(CCCC(C)CCCC(C)C)CC(=O)OC. The summed E-state index contributed by atoms with van der Waals surface area (Å²) < 4.78 is 4.75. The van der Waals surface area contributed by atoms with E-state index in [0.29, 0.717) is 12.3 Å². The predicted octanol–water partition coefficient (Wildman–Crippen LogP) is 5.21. The minimum atomic E-state index is -0.0585. The quantitative estimate of drug-likeness (QED) is 0.482. The number of hydrogen-bond acceptors (Lipinski definition) is 2. The molecule has 0 saturated heterocycles. The summed E-state index contributed by atoms with van der Waals surface area (Å²) >= 11 is 0. The van der Waals surface area contributed by atoms with Crippen molar-refractivity contribution in [3.8, 4) is 0 Å². The Labute approximate surface area is 120 Å². The lowest BCUT2D eigenvalue weighted by molar-refractivity contribution is -0.141. The molecule has 0 aromatic heterocycles. The number of carbonyl (C=O) groups is 1. The molecule has 0 saturated carbocycles. The highest BCUT2D eigenvalue weighted by Crippen LogP contribution is 2.22. The number of ether oxygens (including phenoxy) is 1. The van der Waals surface area contributed by atoms with Gasteiger partial charge in [-0.25, -0.2) is 0 Å². The van der Waals surface area contributed by atoms with Crippen molar-refractivity contribution in [2.75, 3.05) is 7.11 Å². The summed E-state index contributed by atoms with van der Waals surface area (Å²) in [6.07, 6.45) is 9.45. The zero-order valence-corrected chi connectivity index (χ0v) is 13.7. The van der Waals surface area contributed by atoms with E-state index in [1.807, 2.05) is 0 Å². The average Bonchev–Trinajstić information content (AvgIpc) is 2.36. The number of rotatable bonds is 11. The Kier molecular flexibility index (Phi) is 11.0. The van der Waals surface area contributed by atoms with Gasteiger partial charge in [0.1, 0.15) is 0 Å². The van der Waals surface area contributed by atoms with Crippen LogP contribution in [-0.4, -0.2) is 13.1 Å². The number of esters is 1. The molecule has 0 aliphatic rings. The first-order chi connectivity index (χ1) is 8.99. The molecule has 0 fully saturated rings. The van der Waals surface area contributed by atoms with E-state index < -0.39 is 0 Å². The van der Waals surface area contributed by atoms with Crippen molar-refractivity contribution < 1.29 is 9.53 Å². The lowest BCUT2D eigenvalue weighted by Crippen LogP contribution is -2.09. The molecule has 0 heterocycles. The van der Waals surface area contributed by atoms with Gasteiger partial charge >= 0.3 is 5.97 Å². The summed E-state index contributed by atoms with van der Waals surface area (Å²) in [7, 11) is 1.48. The van der Waals surface area contributed by atoms with Crippen molar-refractivity contribution in [3.05, 3.63) is 0 Å². The molecule has 0 aromatic rings. The van der Waals surface area contributed by atoms with Crippen LogP contribution >= 0.6 is 0 Å². The summed E-state index contributed by atoms with van der Waals surface area (Å²) in [5.74, 6) is 2.11. The Morgan fingerprint density at radius 3 is 2.05 bits per heavy atom. The van der Waals surface area contributed by atoms with Crippen LogP contribution in [0.2, 0.25) is 0 Å². The summed E-state index contributed by atoms with van der Waals surface area (Å²) in [5, 5.41) is 0. The van der Waals surface area contributed by atoms with Gasteiger partial charge in [-0.15, -0.1) is 0 Å². The summed E-state index contributed by atoms with van der Waals surface area (Å²) in [4.78, 5) is 11.3. The molecule has 0 amide bonds. The van der Waals surface area contributed by atoms with Crippen molar-refractivity contribution in [2.24, 2.45) is 17.8 Å². The first kappa shape index (κ1) is 18.5. The van der Waals surface area contributed by atoms with E-state index >= 15 is 0 Å². The maximum absolute atomic E-state index is 11.3. The Hall–Kier alpha value is -0.530. The standard InChI is InChI=1S/C17H34O2/c1-6-16(13-17(18)19-5)12-8-11-15(4)10-7-9-14(2)3/h14-16H,6-13H2,1-5H3. The van der Waals surface area contributed by atoms with E-state index in [4.69, 9.17) is 4.74 Å². The van der Waals surface area contributed by atoms with Gasteiger partial charge in [-0.3, -0.25) is 4.79 Å². The van der Waals surface area contributed by atoms with Crippen LogP contribution in [-0.2, 0) is 9.53 Å². The molecule has 0 radical (unpaired) electrons. The lowest BCUT2D eigenvalue weighted by Gasteiger charge is -2.16. The normalized spacial score (nSPS) is 14.4. The van der Waals surface area contributed by atoms with Gasteiger partial charge in [0.05, 0.1) is 7.11 Å². The topological polar surface area (TPSA) is 26.3 Å². The lowest BCUT2D eigenvalue weighted by atomic mass is 9.91. The Bertz CT molecular complexity index is 223. The zero-order chi connectivity index (χ0) is 14.7. The van der Waals surface area contributed by atoms with Gasteiger partial charge in [-0.1, -0.05) is 66.2 Å². The zero-order valence-electron chi connectivity index (χ0n) is 13.7.